The lowest BCUT2D eigenvalue weighted by atomic mass is 10.0. The van der Waals surface area contributed by atoms with Crippen molar-refractivity contribution in [3.05, 3.63) is 41.8 Å². The van der Waals surface area contributed by atoms with Gasteiger partial charge < -0.3 is 10.2 Å². The van der Waals surface area contributed by atoms with Gasteiger partial charge in [-0.3, -0.25) is 0 Å². The second-order valence-electron chi connectivity index (χ2n) is 2.73. The highest BCUT2D eigenvalue weighted by atomic mass is 16.4. The zero-order valence-electron chi connectivity index (χ0n) is 7.36. The van der Waals surface area contributed by atoms with Crippen molar-refractivity contribution in [1.82, 2.24) is 0 Å². The fourth-order valence-corrected chi connectivity index (χ4v) is 1.13. The van der Waals surface area contributed by atoms with Gasteiger partial charge in [0.25, 0.3) is 0 Å². The summed E-state index contributed by atoms with van der Waals surface area (Å²) < 4.78 is 0. The van der Waals surface area contributed by atoms with Crippen LogP contribution >= 0.6 is 0 Å². The Morgan fingerprint density at radius 1 is 1.21 bits per heavy atom. The Bertz CT molecular complexity index is 382. The van der Waals surface area contributed by atoms with Crippen LogP contribution in [0.2, 0.25) is 0 Å². The van der Waals surface area contributed by atoms with Gasteiger partial charge in [0, 0.05) is 0 Å². The third-order valence-electron chi connectivity index (χ3n) is 1.86. The molecule has 0 unspecified atom stereocenters. The predicted molar refractivity (Wildman–Crippen MR) is 49.4 cm³/mol. The van der Waals surface area contributed by atoms with E-state index in [0.717, 1.165) is 6.07 Å². The molecule has 0 fully saturated rings. The fourth-order valence-electron chi connectivity index (χ4n) is 1.13. The number of rotatable bonds is 3. The van der Waals surface area contributed by atoms with E-state index in [0.29, 0.717) is 12.0 Å². The molecule has 1 radical (unpaired) electrons. The molecular weight excluding hydrogens is 184 g/mol. The summed E-state index contributed by atoms with van der Waals surface area (Å²) in [5.41, 5.74) is 0.502. The van der Waals surface area contributed by atoms with E-state index in [1.165, 1.54) is 12.1 Å². The molecule has 0 atom stereocenters. The first-order chi connectivity index (χ1) is 6.56. The van der Waals surface area contributed by atoms with Crippen LogP contribution in [0.1, 0.15) is 26.3 Å². The van der Waals surface area contributed by atoms with Gasteiger partial charge >= 0.3 is 11.9 Å². The molecule has 0 aliphatic heterocycles. The Labute approximate surface area is 80.8 Å². The number of carboxylic acids is 2. The van der Waals surface area contributed by atoms with E-state index in [1.54, 1.807) is 0 Å². The average molecular weight is 193 g/mol. The Kier molecular flexibility index (Phi) is 2.86. The van der Waals surface area contributed by atoms with Crippen molar-refractivity contribution in [3.8, 4) is 0 Å². The Hall–Kier alpha value is -1.84. The first kappa shape index (κ1) is 10.2. The number of benzene rings is 1. The smallest absolute Gasteiger partial charge is 0.335 e. The maximum Gasteiger partial charge on any atom is 0.335 e. The van der Waals surface area contributed by atoms with Gasteiger partial charge in [0.1, 0.15) is 0 Å². The van der Waals surface area contributed by atoms with E-state index in [4.69, 9.17) is 10.2 Å². The second-order valence-corrected chi connectivity index (χ2v) is 2.73. The predicted octanol–water partition coefficient (Wildman–Crippen LogP) is 1.46. The lowest BCUT2D eigenvalue weighted by Gasteiger charge is -2.03. The second kappa shape index (κ2) is 3.91. The zero-order valence-corrected chi connectivity index (χ0v) is 7.36. The van der Waals surface area contributed by atoms with Gasteiger partial charge in [0.15, 0.2) is 0 Å². The maximum atomic E-state index is 10.7. The van der Waals surface area contributed by atoms with E-state index in [2.05, 4.69) is 6.92 Å². The van der Waals surface area contributed by atoms with Gasteiger partial charge in [-0.05, 0) is 31.0 Å². The minimum absolute atomic E-state index is 0.0000926. The summed E-state index contributed by atoms with van der Waals surface area (Å²) >= 11 is 0. The summed E-state index contributed by atoms with van der Waals surface area (Å²) in [6.45, 7) is 3.56. The Morgan fingerprint density at radius 2 is 1.86 bits per heavy atom. The van der Waals surface area contributed by atoms with Crippen LogP contribution in [0.5, 0.6) is 0 Å². The van der Waals surface area contributed by atoms with Gasteiger partial charge in [0.05, 0.1) is 11.1 Å². The van der Waals surface area contributed by atoms with Crippen LogP contribution < -0.4 is 0 Å². The molecule has 14 heavy (non-hydrogen) atoms. The number of aromatic carboxylic acids is 2. The van der Waals surface area contributed by atoms with E-state index in [-0.39, 0.29) is 11.1 Å². The van der Waals surface area contributed by atoms with E-state index >= 15 is 0 Å². The maximum absolute atomic E-state index is 10.7. The minimum Gasteiger partial charge on any atom is -0.478 e. The number of carbonyl (C=O) groups is 2. The van der Waals surface area contributed by atoms with E-state index < -0.39 is 11.9 Å². The molecular formula is C10H9O4. The lowest BCUT2D eigenvalue weighted by Crippen LogP contribution is -2.05. The molecule has 1 aromatic carbocycles. The van der Waals surface area contributed by atoms with Gasteiger partial charge in [-0.25, -0.2) is 9.59 Å². The fraction of sp³-hybridized carbons (Fsp3) is 0.100. The molecule has 0 heterocycles. The van der Waals surface area contributed by atoms with Crippen LogP contribution in [0.3, 0.4) is 0 Å². The van der Waals surface area contributed by atoms with E-state index in [9.17, 15) is 9.59 Å². The standard InChI is InChI=1S/C10H9O4/c1-2-6-3-4-7(9(11)12)5-8(6)10(13)14/h3-5H,1-2H2,(H,11,12)(H,13,14). The number of hydrogen-bond donors (Lipinski definition) is 2. The van der Waals surface area contributed by atoms with Gasteiger partial charge in [0.2, 0.25) is 0 Å². The molecule has 1 rings (SSSR count). The van der Waals surface area contributed by atoms with Gasteiger partial charge in [-0.15, -0.1) is 0 Å². The summed E-state index contributed by atoms with van der Waals surface area (Å²) in [4.78, 5) is 21.3. The number of carboxylic acid groups (broad SMARTS) is 2. The highest BCUT2D eigenvalue weighted by molar-refractivity contribution is 5.94. The van der Waals surface area contributed by atoms with Crippen molar-refractivity contribution >= 4 is 11.9 Å². The lowest BCUT2D eigenvalue weighted by molar-refractivity contribution is 0.0695. The quantitative estimate of drug-likeness (QED) is 0.762. The molecule has 0 aromatic heterocycles. The Balaban J connectivity index is 3.27. The van der Waals surface area contributed by atoms with Crippen molar-refractivity contribution < 1.29 is 19.8 Å². The molecule has 4 nitrogen and oxygen atoms in total. The van der Waals surface area contributed by atoms with Crippen LogP contribution in [0.25, 0.3) is 0 Å². The molecule has 2 N–H and O–H groups in total. The summed E-state index contributed by atoms with van der Waals surface area (Å²) in [5.74, 6) is -2.27. The van der Waals surface area contributed by atoms with Crippen molar-refractivity contribution in [2.45, 2.75) is 6.42 Å². The number of hydrogen-bond acceptors (Lipinski definition) is 2. The van der Waals surface area contributed by atoms with E-state index in [1.807, 2.05) is 0 Å². The normalized spacial score (nSPS) is 9.79. The highest BCUT2D eigenvalue weighted by Crippen LogP contribution is 2.12. The summed E-state index contributed by atoms with van der Waals surface area (Å²) in [7, 11) is 0. The first-order valence-corrected chi connectivity index (χ1v) is 3.95. The molecule has 0 amide bonds. The molecule has 0 aliphatic rings. The first-order valence-electron chi connectivity index (χ1n) is 3.95. The summed E-state index contributed by atoms with van der Waals surface area (Å²) in [6, 6.07) is 3.99. The highest BCUT2D eigenvalue weighted by Gasteiger charge is 2.12. The average Bonchev–Trinajstić information content (AvgIpc) is 2.16. The molecule has 1 aromatic rings. The summed E-state index contributed by atoms with van der Waals surface area (Å²) in [5, 5.41) is 17.4. The van der Waals surface area contributed by atoms with Gasteiger partial charge in [-0.2, -0.15) is 0 Å². The molecule has 0 bridgehead atoms. The van der Waals surface area contributed by atoms with Crippen LogP contribution in [-0.2, 0) is 6.42 Å². The van der Waals surface area contributed by atoms with Crippen molar-refractivity contribution in [1.29, 1.82) is 0 Å². The molecule has 0 spiro atoms. The summed E-state index contributed by atoms with van der Waals surface area (Å²) in [6.07, 6.45) is 0.321. The monoisotopic (exact) mass is 193 g/mol. The molecule has 4 heteroatoms. The topological polar surface area (TPSA) is 74.6 Å². The van der Waals surface area contributed by atoms with Crippen molar-refractivity contribution in [3.63, 3.8) is 0 Å². The molecule has 73 valence electrons. The van der Waals surface area contributed by atoms with Crippen LogP contribution in [0.15, 0.2) is 18.2 Å². The van der Waals surface area contributed by atoms with Crippen molar-refractivity contribution in [2.24, 2.45) is 0 Å². The largest absolute Gasteiger partial charge is 0.478 e. The Morgan fingerprint density at radius 3 is 2.29 bits per heavy atom. The van der Waals surface area contributed by atoms with Crippen molar-refractivity contribution in [2.75, 3.05) is 0 Å². The van der Waals surface area contributed by atoms with Crippen LogP contribution in [0.4, 0.5) is 0 Å². The third-order valence-corrected chi connectivity index (χ3v) is 1.86. The van der Waals surface area contributed by atoms with Crippen LogP contribution in [0, 0.1) is 6.92 Å². The van der Waals surface area contributed by atoms with Gasteiger partial charge in [-0.1, -0.05) is 6.07 Å². The molecule has 0 aliphatic carbocycles. The SMILES string of the molecule is [CH2]Cc1ccc(C(=O)O)cc1C(=O)O. The molecule has 0 saturated carbocycles. The zero-order chi connectivity index (χ0) is 10.7. The van der Waals surface area contributed by atoms with Crippen LogP contribution in [-0.4, -0.2) is 22.2 Å². The molecule has 0 saturated heterocycles. The third kappa shape index (κ3) is 1.90. The minimum atomic E-state index is -1.14.